The molecular formula is C26H29FN4O2. The third kappa shape index (κ3) is 7.26. The number of morpholine rings is 1. The van der Waals surface area contributed by atoms with Gasteiger partial charge in [-0.3, -0.25) is 9.79 Å². The Kier molecular flexibility index (Phi) is 9.16. The van der Waals surface area contributed by atoms with Crippen molar-refractivity contribution < 1.29 is 13.9 Å². The summed E-state index contributed by atoms with van der Waals surface area (Å²) in [6, 6.07) is 8.42. The van der Waals surface area contributed by atoms with Gasteiger partial charge >= 0.3 is 0 Å². The van der Waals surface area contributed by atoms with Crippen LogP contribution in [0.25, 0.3) is 0 Å². The van der Waals surface area contributed by atoms with Crippen LogP contribution < -0.4 is 10.2 Å². The van der Waals surface area contributed by atoms with Crippen molar-refractivity contribution >= 4 is 17.8 Å². The monoisotopic (exact) mass is 448 g/mol. The van der Waals surface area contributed by atoms with Gasteiger partial charge in [-0.05, 0) is 61.6 Å². The Labute approximate surface area is 194 Å². The first-order valence-electron chi connectivity index (χ1n) is 11.1. The molecule has 1 aromatic heterocycles. The number of halogens is 1. The fourth-order valence-electron chi connectivity index (χ4n) is 3.48. The highest BCUT2D eigenvalue weighted by atomic mass is 19.1. The van der Waals surface area contributed by atoms with Crippen molar-refractivity contribution in [1.29, 1.82) is 0 Å². The predicted molar refractivity (Wildman–Crippen MR) is 129 cm³/mol. The standard InChI is InChI=1S/C26H29FN4O2/c1-3-20(18-28-2)5-4-12-29-26(32)22-7-11-25(31-13-15-33-16-14-31)21(17-22)6-9-24-10-8-23(27)19-30-24/h3,7-8,10-11,17-19H,4-5,12-16H2,1-2H3,(H,29,32)/b20-3-,28-18-. The third-order valence-corrected chi connectivity index (χ3v) is 5.26. The lowest BCUT2D eigenvalue weighted by Crippen LogP contribution is -2.36. The normalized spacial score (nSPS) is 14.2. The Morgan fingerprint density at radius 2 is 2.09 bits per heavy atom. The number of hydrogen-bond acceptors (Lipinski definition) is 5. The van der Waals surface area contributed by atoms with Gasteiger partial charge in [0.25, 0.3) is 5.91 Å². The molecule has 172 valence electrons. The van der Waals surface area contributed by atoms with Gasteiger partial charge in [-0.2, -0.15) is 0 Å². The third-order valence-electron chi connectivity index (χ3n) is 5.26. The molecule has 1 fully saturated rings. The molecule has 0 aliphatic carbocycles. The number of aromatic nitrogens is 1. The van der Waals surface area contributed by atoms with Gasteiger partial charge in [0.2, 0.25) is 0 Å². The van der Waals surface area contributed by atoms with E-state index in [2.05, 4.69) is 32.0 Å². The first-order valence-corrected chi connectivity index (χ1v) is 11.1. The Morgan fingerprint density at radius 1 is 1.27 bits per heavy atom. The number of hydrogen-bond donors (Lipinski definition) is 1. The summed E-state index contributed by atoms with van der Waals surface area (Å²) in [5.74, 6) is 5.56. The molecule has 1 aliphatic heterocycles. The zero-order chi connectivity index (χ0) is 23.5. The largest absolute Gasteiger partial charge is 0.378 e. The van der Waals surface area contributed by atoms with Crippen LogP contribution in [0.2, 0.25) is 0 Å². The number of pyridine rings is 1. The Hall–Kier alpha value is -3.50. The Balaban J connectivity index is 1.75. The van der Waals surface area contributed by atoms with Crippen LogP contribution >= 0.6 is 0 Å². The topological polar surface area (TPSA) is 66.8 Å². The zero-order valence-corrected chi connectivity index (χ0v) is 19.1. The Bertz CT molecular complexity index is 1060. The maximum Gasteiger partial charge on any atom is 0.251 e. The SMILES string of the molecule is C/C=C(\C=N/C)CCCNC(=O)c1ccc(N2CCOCC2)c(C#Cc2ccc(F)cn2)c1. The molecule has 0 unspecified atom stereocenters. The maximum absolute atomic E-state index is 13.1. The van der Waals surface area contributed by atoms with Gasteiger partial charge in [-0.15, -0.1) is 0 Å². The number of aliphatic imine (C=N–C) groups is 1. The lowest BCUT2D eigenvalue weighted by molar-refractivity contribution is 0.0953. The molecule has 6 nitrogen and oxygen atoms in total. The molecule has 2 aromatic rings. The Morgan fingerprint density at radius 3 is 2.79 bits per heavy atom. The summed E-state index contributed by atoms with van der Waals surface area (Å²) >= 11 is 0. The van der Waals surface area contributed by atoms with E-state index in [1.54, 1.807) is 13.1 Å². The van der Waals surface area contributed by atoms with Crippen molar-refractivity contribution in [3.05, 3.63) is 70.8 Å². The van der Waals surface area contributed by atoms with Crippen LogP contribution in [-0.2, 0) is 4.74 Å². The van der Waals surface area contributed by atoms with Crippen LogP contribution in [-0.4, -0.2) is 57.0 Å². The number of ether oxygens (including phenoxy) is 1. The number of carbonyl (C=O) groups excluding carboxylic acids is 1. The minimum atomic E-state index is -0.406. The van der Waals surface area contributed by atoms with Crippen LogP contribution in [0.1, 0.15) is 41.4 Å². The molecule has 2 heterocycles. The highest BCUT2D eigenvalue weighted by Crippen LogP contribution is 2.23. The van der Waals surface area contributed by atoms with E-state index in [-0.39, 0.29) is 5.91 Å². The number of benzene rings is 1. The molecule has 1 saturated heterocycles. The van der Waals surface area contributed by atoms with E-state index in [4.69, 9.17) is 4.74 Å². The second kappa shape index (κ2) is 12.5. The summed E-state index contributed by atoms with van der Waals surface area (Å²) in [5, 5.41) is 2.98. The van der Waals surface area contributed by atoms with E-state index in [0.717, 1.165) is 49.0 Å². The second-order valence-corrected chi connectivity index (χ2v) is 7.55. The van der Waals surface area contributed by atoms with Crippen molar-refractivity contribution in [3.8, 4) is 11.8 Å². The van der Waals surface area contributed by atoms with Crippen LogP contribution in [0.5, 0.6) is 0 Å². The molecule has 1 amide bonds. The molecule has 0 saturated carbocycles. The molecule has 0 bridgehead atoms. The number of amides is 1. The van der Waals surface area contributed by atoms with Crippen molar-refractivity contribution in [2.45, 2.75) is 19.8 Å². The highest BCUT2D eigenvalue weighted by Gasteiger charge is 2.16. The lowest BCUT2D eigenvalue weighted by Gasteiger charge is -2.30. The second-order valence-electron chi connectivity index (χ2n) is 7.55. The molecule has 1 N–H and O–H groups in total. The smallest absolute Gasteiger partial charge is 0.251 e. The van der Waals surface area contributed by atoms with Gasteiger partial charge in [0.15, 0.2) is 0 Å². The number of anilines is 1. The maximum atomic E-state index is 13.1. The number of rotatable bonds is 7. The van der Waals surface area contributed by atoms with Crippen molar-refractivity contribution in [1.82, 2.24) is 10.3 Å². The van der Waals surface area contributed by atoms with Crippen molar-refractivity contribution in [2.24, 2.45) is 4.99 Å². The molecular weight excluding hydrogens is 419 g/mol. The van der Waals surface area contributed by atoms with Crippen molar-refractivity contribution in [2.75, 3.05) is 44.8 Å². The van der Waals surface area contributed by atoms with E-state index in [0.29, 0.717) is 31.0 Å². The summed E-state index contributed by atoms with van der Waals surface area (Å²) in [7, 11) is 1.75. The summed E-state index contributed by atoms with van der Waals surface area (Å²) in [6.45, 7) is 5.35. The van der Waals surface area contributed by atoms with Gasteiger partial charge in [0.1, 0.15) is 11.5 Å². The predicted octanol–water partition coefficient (Wildman–Crippen LogP) is 3.61. The molecule has 7 heteroatoms. The van der Waals surface area contributed by atoms with E-state index < -0.39 is 5.82 Å². The molecule has 33 heavy (non-hydrogen) atoms. The number of nitrogens with one attached hydrogen (secondary N) is 1. The van der Waals surface area contributed by atoms with Gasteiger partial charge in [-0.1, -0.05) is 12.0 Å². The van der Waals surface area contributed by atoms with Gasteiger partial charge < -0.3 is 15.0 Å². The molecule has 0 atom stereocenters. The van der Waals surface area contributed by atoms with Gasteiger partial charge in [0.05, 0.1) is 25.1 Å². The first kappa shape index (κ1) is 24.1. The quantitative estimate of drug-likeness (QED) is 0.399. The number of nitrogens with zero attached hydrogens (tertiary/aromatic N) is 3. The summed E-state index contributed by atoms with van der Waals surface area (Å²) < 4.78 is 18.6. The highest BCUT2D eigenvalue weighted by molar-refractivity contribution is 5.95. The summed E-state index contributed by atoms with van der Waals surface area (Å²) in [5.41, 5.74) is 3.83. The molecule has 0 radical (unpaired) electrons. The average Bonchev–Trinajstić information content (AvgIpc) is 2.85. The molecule has 1 aromatic carbocycles. The molecule has 3 rings (SSSR count). The summed E-state index contributed by atoms with van der Waals surface area (Å²) in [6.07, 6.45) is 6.69. The van der Waals surface area contributed by atoms with E-state index in [9.17, 15) is 9.18 Å². The number of allylic oxidation sites excluding steroid dienone is 2. The zero-order valence-electron chi connectivity index (χ0n) is 19.1. The number of carbonyl (C=O) groups is 1. The van der Waals surface area contributed by atoms with Crippen LogP contribution in [0.4, 0.5) is 10.1 Å². The van der Waals surface area contributed by atoms with Crippen LogP contribution in [0, 0.1) is 17.7 Å². The van der Waals surface area contributed by atoms with Crippen LogP contribution in [0.3, 0.4) is 0 Å². The fourth-order valence-corrected chi connectivity index (χ4v) is 3.48. The fraction of sp³-hybridized carbons (Fsp3) is 0.346. The minimum absolute atomic E-state index is 0.141. The minimum Gasteiger partial charge on any atom is -0.378 e. The first-order chi connectivity index (χ1) is 16.1. The van der Waals surface area contributed by atoms with Crippen molar-refractivity contribution in [3.63, 3.8) is 0 Å². The summed E-state index contributed by atoms with van der Waals surface area (Å²) in [4.78, 5) is 23.0. The lowest BCUT2D eigenvalue weighted by atomic mass is 10.1. The van der Waals surface area contributed by atoms with E-state index >= 15 is 0 Å². The van der Waals surface area contributed by atoms with Gasteiger partial charge in [0, 0.05) is 44.0 Å². The van der Waals surface area contributed by atoms with Crippen LogP contribution in [0.15, 0.2) is 53.2 Å². The van der Waals surface area contributed by atoms with E-state index in [1.807, 2.05) is 31.3 Å². The van der Waals surface area contributed by atoms with Gasteiger partial charge in [-0.25, -0.2) is 9.37 Å². The average molecular weight is 449 g/mol. The molecule has 0 spiro atoms. The van der Waals surface area contributed by atoms with E-state index in [1.165, 1.54) is 12.1 Å². The molecule has 1 aliphatic rings.